The second-order valence-corrected chi connectivity index (χ2v) is 7.19. The first-order valence-corrected chi connectivity index (χ1v) is 8.03. The topological polar surface area (TPSA) is 60.2 Å². The van der Waals surface area contributed by atoms with Crippen molar-refractivity contribution in [2.24, 2.45) is 0 Å². The van der Waals surface area contributed by atoms with E-state index in [0.29, 0.717) is 10.6 Å². The van der Waals surface area contributed by atoms with Crippen LogP contribution in [0.15, 0.2) is 53.4 Å². The molecule has 0 aliphatic rings. The van der Waals surface area contributed by atoms with Crippen molar-refractivity contribution in [2.45, 2.75) is 10.6 Å². The van der Waals surface area contributed by atoms with Crippen molar-refractivity contribution < 1.29 is 8.42 Å². The van der Waals surface area contributed by atoms with E-state index in [9.17, 15) is 8.42 Å². The summed E-state index contributed by atoms with van der Waals surface area (Å²) in [7, 11) is -3.30. The highest BCUT2D eigenvalue weighted by Crippen LogP contribution is 2.18. The molecule has 0 saturated heterocycles. The van der Waals surface area contributed by atoms with E-state index in [0.717, 1.165) is 9.13 Å². The van der Waals surface area contributed by atoms with Gasteiger partial charge in [-0.25, -0.2) is 8.42 Å². The van der Waals surface area contributed by atoms with Gasteiger partial charge in [0, 0.05) is 9.26 Å². The predicted octanol–water partition coefficient (Wildman–Crippen LogP) is 2.85. The van der Waals surface area contributed by atoms with Crippen LogP contribution in [0.25, 0.3) is 0 Å². The summed E-state index contributed by atoms with van der Waals surface area (Å²) >= 11 is 2.19. The number of sulfone groups is 1. The summed E-state index contributed by atoms with van der Waals surface area (Å²) in [5.41, 5.74) is 6.89. The highest BCUT2D eigenvalue weighted by Gasteiger charge is 2.14. The van der Waals surface area contributed by atoms with Crippen LogP contribution in [0.3, 0.4) is 0 Å². The molecule has 0 atom stereocenters. The minimum absolute atomic E-state index is 0.00778. The molecule has 2 aromatic rings. The van der Waals surface area contributed by atoms with Gasteiger partial charge in [0.25, 0.3) is 0 Å². The molecule has 2 N–H and O–H groups in total. The first kappa shape index (κ1) is 13.4. The lowest BCUT2D eigenvalue weighted by atomic mass is 10.2. The number of hydrogen-bond donors (Lipinski definition) is 1. The highest BCUT2D eigenvalue weighted by molar-refractivity contribution is 14.1. The number of anilines is 1. The van der Waals surface area contributed by atoms with Crippen molar-refractivity contribution in [3.8, 4) is 0 Å². The summed E-state index contributed by atoms with van der Waals surface area (Å²) in [6.07, 6.45) is 0. The number of benzene rings is 2. The van der Waals surface area contributed by atoms with E-state index >= 15 is 0 Å². The average molecular weight is 373 g/mol. The van der Waals surface area contributed by atoms with Gasteiger partial charge in [-0.3, -0.25) is 0 Å². The van der Waals surface area contributed by atoms with Gasteiger partial charge in [0.2, 0.25) is 0 Å². The molecule has 0 heterocycles. The van der Waals surface area contributed by atoms with Gasteiger partial charge in [0.15, 0.2) is 9.84 Å². The molecule has 2 aromatic carbocycles. The van der Waals surface area contributed by atoms with E-state index in [1.807, 2.05) is 24.3 Å². The monoisotopic (exact) mass is 373 g/mol. The SMILES string of the molecule is Nc1ccc(S(=O)(=O)Cc2ccc(I)cc2)cc1. The molecule has 0 saturated carbocycles. The van der Waals surface area contributed by atoms with E-state index in [1.165, 1.54) is 12.1 Å². The molecular formula is C13H12INO2S. The Morgan fingerprint density at radius 2 is 1.50 bits per heavy atom. The van der Waals surface area contributed by atoms with Gasteiger partial charge in [0.05, 0.1) is 10.6 Å². The molecule has 0 unspecified atom stereocenters. The second-order valence-electron chi connectivity index (χ2n) is 3.95. The summed E-state index contributed by atoms with van der Waals surface area (Å²) in [6.45, 7) is 0. The van der Waals surface area contributed by atoms with Crippen molar-refractivity contribution in [1.29, 1.82) is 0 Å². The Kier molecular flexibility index (Phi) is 3.91. The summed E-state index contributed by atoms with van der Waals surface area (Å²) in [5.74, 6) is 0.00778. The lowest BCUT2D eigenvalue weighted by Gasteiger charge is -2.05. The van der Waals surface area contributed by atoms with Crippen molar-refractivity contribution in [1.82, 2.24) is 0 Å². The maximum absolute atomic E-state index is 12.2. The Morgan fingerprint density at radius 1 is 0.944 bits per heavy atom. The maximum atomic E-state index is 12.2. The molecule has 0 fully saturated rings. The van der Waals surface area contributed by atoms with Gasteiger partial charge >= 0.3 is 0 Å². The molecule has 0 spiro atoms. The minimum atomic E-state index is -3.30. The molecule has 3 nitrogen and oxygen atoms in total. The van der Waals surface area contributed by atoms with Crippen LogP contribution >= 0.6 is 22.6 Å². The van der Waals surface area contributed by atoms with E-state index in [2.05, 4.69) is 22.6 Å². The zero-order valence-electron chi connectivity index (χ0n) is 9.51. The van der Waals surface area contributed by atoms with E-state index in [4.69, 9.17) is 5.73 Å². The van der Waals surface area contributed by atoms with E-state index < -0.39 is 9.84 Å². The highest BCUT2D eigenvalue weighted by atomic mass is 127. The van der Waals surface area contributed by atoms with Gasteiger partial charge in [-0.15, -0.1) is 0 Å². The third-order valence-corrected chi connectivity index (χ3v) is 4.93. The molecule has 0 aliphatic carbocycles. The summed E-state index contributed by atoms with van der Waals surface area (Å²) < 4.78 is 25.4. The quantitative estimate of drug-likeness (QED) is 0.665. The van der Waals surface area contributed by atoms with Gasteiger partial charge in [0.1, 0.15) is 0 Å². The lowest BCUT2D eigenvalue weighted by Crippen LogP contribution is -2.05. The second kappa shape index (κ2) is 5.27. The summed E-state index contributed by atoms with van der Waals surface area (Å²) in [4.78, 5) is 0.301. The molecule has 0 bridgehead atoms. The Labute approximate surface area is 120 Å². The third-order valence-electron chi connectivity index (χ3n) is 2.51. The van der Waals surface area contributed by atoms with E-state index in [1.54, 1.807) is 12.1 Å². The fourth-order valence-electron chi connectivity index (χ4n) is 1.56. The van der Waals surface area contributed by atoms with Crippen LogP contribution in [0.4, 0.5) is 5.69 Å². The van der Waals surface area contributed by atoms with Gasteiger partial charge < -0.3 is 5.73 Å². The maximum Gasteiger partial charge on any atom is 0.182 e. The summed E-state index contributed by atoms with van der Waals surface area (Å²) in [5, 5.41) is 0. The van der Waals surface area contributed by atoms with Crippen LogP contribution in [-0.4, -0.2) is 8.42 Å². The molecule has 94 valence electrons. The molecule has 5 heteroatoms. The third kappa shape index (κ3) is 3.23. The van der Waals surface area contributed by atoms with Crippen LogP contribution in [0.1, 0.15) is 5.56 Å². The van der Waals surface area contributed by atoms with Gasteiger partial charge in [-0.1, -0.05) is 12.1 Å². The number of nitrogen functional groups attached to an aromatic ring is 1. The fourth-order valence-corrected chi connectivity index (χ4v) is 3.27. The Hall–Kier alpha value is -1.08. The largest absolute Gasteiger partial charge is 0.399 e. The number of nitrogens with two attached hydrogens (primary N) is 1. The first-order chi connectivity index (χ1) is 8.47. The first-order valence-electron chi connectivity index (χ1n) is 5.30. The smallest absolute Gasteiger partial charge is 0.182 e. The average Bonchev–Trinajstić information content (AvgIpc) is 2.32. The normalized spacial score (nSPS) is 11.4. The van der Waals surface area contributed by atoms with Crippen LogP contribution < -0.4 is 5.73 Å². The molecule has 0 aromatic heterocycles. The zero-order valence-corrected chi connectivity index (χ0v) is 12.5. The van der Waals surface area contributed by atoms with Crippen molar-refractivity contribution >= 4 is 38.1 Å². The van der Waals surface area contributed by atoms with Crippen molar-refractivity contribution in [3.63, 3.8) is 0 Å². The molecule has 0 aliphatic heterocycles. The molecule has 0 amide bonds. The van der Waals surface area contributed by atoms with Crippen LogP contribution in [0.2, 0.25) is 0 Å². The number of hydrogen-bond acceptors (Lipinski definition) is 3. The predicted molar refractivity (Wildman–Crippen MR) is 80.9 cm³/mol. The zero-order chi connectivity index (χ0) is 13.2. The minimum Gasteiger partial charge on any atom is -0.399 e. The molecule has 0 radical (unpaired) electrons. The van der Waals surface area contributed by atoms with Crippen LogP contribution in [0.5, 0.6) is 0 Å². The van der Waals surface area contributed by atoms with E-state index in [-0.39, 0.29) is 5.75 Å². The number of halogens is 1. The summed E-state index contributed by atoms with van der Waals surface area (Å²) in [6, 6.07) is 13.7. The molecule has 18 heavy (non-hydrogen) atoms. The standard InChI is InChI=1S/C13H12INO2S/c14-11-3-1-10(2-4-11)9-18(16,17)13-7-5-12(15)6-8-13/h1-8H,9,15H2. The fraction of sp³-hybridized carbons (Fsp3) is 0.0769. The van der Waals surface area contributed by atoms with Gasteiger partial charge in [-0.05, 0) is 64.6 Å². The Bertz CT molecular complexity index is 634. The molecular weight excluding hydrogens is 361 g/mol. The van der Waals surface area contributed by atoms with Crippen LogP contribution in [0, 0.1) is 3.57 Å². The van der Waals surface area contributed by atoms with Gasteiger partial charge in [-0.2, -0.15) is 0 Å². The lowest BCUT2D eigenvalue weighted by molar-refractivity contribution is 0.595. The van der Waals surface area contributed by atoms with Crippen LogP contribution in [-0.2, 0) is 15.6 Å². The Morgan fingerprint density at radius 3 is 2.06 bits per heavy atom. The molecule has 2 rings (SSSR count). The van der Waals surface area contributed by atoms with Crippen molar-refractivity contribution in [3.05, 3.63) is 57.7 Å². The number of rotatable bonds is 3. The van der Waals surface area contributed by atoms with Crippen molar-refractivity contribution in [2.75, 3.05) is 5.73 Å². The Balaban J connectivity index is 2.27.